The summed E-state index contributed by atoms with van der Waals surface area (Å²) in [5.41, 5.74) is 6.93. The quantitative estimate of drug-likeness (QED) is 0.257. The van der Waals surface area contributed by atoms with Gasteiger partial charge in [-0.05, 0) is 65.1 Å². The van der Waals surface area contributed by atoms with Crippen LogP contribution in [0, 0.1) is 5.92 Å². The van der Waals surface area contributed by atoms with Crippen molar-refractivity contribution in [1.82, 2.24) is 9.62 Å². The highest BCUT2D eigenvalue weighted by molar-refractivity contribution is 7.88. The van der Waals surface area contributed by atoms with Gasteiger partial charge in [0, 0.05) is 35.2 Å². The number of carbonyl (C=O) groups is 2. The Balaban J connectivity index is 1.66. The fourth-order valence-electron chi connectivity index (χ4n) is 4.54. The van der Waals surface area contributed by atoms with Gasteiger partial charge < -0.3 is 10.6 Å². The van der Waals surface area contributed by atoms with E-state index in [1.54, 1.807) is 43.6 Å². The molecule has 0 bridgehead atoms. The van der Waals surface area contributed by atoms with Gasteiger partial charge in [0.05, 0.1) is 18.0 Å². The second kappa shape index (κ2) is 11.2. The number of fused-ring (bicyclic) bond motifs is 2. The maximum Gasteiger partial charge on any atom is 0.227 e. The van der Waals surface area contributed by atoms with Crippen molar-refractivity contribution in [2.75, 3.05) is 13.3 Å². The van der Waals surface area contributed by atoms with E-state index in [1.165, 1.54) is 4.90 Å². The zero-order chi connectivity index (χ0) is 27.7. The first-order valence-electron chi connectivity index (χ1n) is 12.3. The molecule has 202 valence electrons. The number of carbonyl (C=O) groups excluding carboxylic acids is 2. The van der Waals surface area contributed by atoms with Crippen molar-refractivity contribution in [3.8, 4) is 0 Å². The van der Waals surface area contributed by atoms with Crippen LogP contribution >= 0.6 is 22.7 Å². The summed E-state index contributed by atoms with van der Waals surface area (Å²) in [7, 11) is -2.04. The molecule has 0 aliphatic rings. The van der Waals surface area contributed by atoms with Crippen LogP contribution in [0.25, 0.3) is 20.2 Å². The normalized spacial score (nSPS) is 14.0. The van der Waals surface area contributed by atoms with E-state index in [-0.39, 0.29) is 18.1 Å². The maximum atomic E-state index is 14.0. The minimum Gasteiger partial charge on any atom is -0.329 e. The summed E-state index contributed by atoms with van der Waals surface area (Å²) in [5, 5.41) is 6.09. The molecule has 10 heteroatoms. The van der Waals surface area contributed by atoms with Crippen molar-refractivity contribution in [3.63, 3.8) is 0 Å². The molecule has 2 heterocycles. The Morgan fingerprint density at radius 2 is 1.45 bits per heavy atom. The highest BCUT2D eigenvalue weighted by Crippen LogP contribution is 2.31. The number of benzene rings is 2. The molecule has 0 saturated heterocycles. The Labute approximate surface area is 231 Å². The number of likely N-dealkylation sites (N-methyl/N-ethyl adjacent to an activating group) is 1. The molecule has 0 fully saturated rings. The molecule has 0 radical (unpaired) electrons. The lowest BCUT2D eigenvalue weighted by atomic mass is 9.87. The number of rotatable bonds is 11. The molecule has 1 amide bonds. The zero-order valence-corrected chi connectivity index (χ0v) is 24.4. The highest BCUT2D eigenvalue weighted by atomic mass is 32.2. The van der Waals surface area contributed by atoms with Crippen molar-refractivity contribution < 1.29 is 18.0 Å². The Morgan fingerprint density at radius 3 is 1.95 bits per heavy atom. The van der Waals surface area contributed by atoms with Crippen LogP contribution in [-0.2, 0) is 32.5 Å². The molecule has 0 spiro atoms. The average Bonchev–Trinajstić information content (AvgIpc) is 3.45. The van der Waals surface area contributed by atoms with E-state index in [0.717, 1.165) is 37.6 Å². The summed E-state index contributed by atoms with van der Waals surface area (Å²) in [6.45, 7) is 3.27. The molecule has 7 nitrogen and oxygen atoms in total. The number of hydrogen-bond acceptors (Lipinski definition) is 7. The van der Waals surface area contributed by atoms with Crippen LogP contribution in [-0.4, -0.2) is 50.0 Å². The summed E-state index contributed by atoms with van der Waals surface area (Å²) >= 11 is 3.17. The van der Waals surface area contributed by atoms with Gasteiger partial charge >= 0.3 is 0 Å². The van der Waals surface area contributed by atoms with Gasteiger partial charge in [-0.2, -0.15) is 4.72 Å². The van der Waals surface area contributed by atoms with Crippen LogP contribution < -0.4 is 10.5 Å². The van der Waals surface area contributed by atoms with E-state index in [1.807, 2.05) is 59.3 Å². The number of amides is 1. The van der Waals surface area contributed by atoms with Crippen molar-refractivity contribution in [2.24, 2.45) is 11.7 Å². The topological polar surface area (TPSA) is 110 Å². The number of thiophene rings is 2. The molecule has 0 aliphatic carbocycles. The number of Topliss-reactive ketones (excluding diaryl/α,β-unsaturated/α-hetero) is 1. The number of nitrogens with one attached hydrogen (secondary N) is 1. The third-order valence-electron chi connectivity index (χ3n) is 6.67. The highest BCUT2D eigenvalue weighted by Gasteiger charge is 2.34. The number of nitrogens with two attached hydrogens (primary N) is 1. The fourth-order valence-corrected chi connectivity index (χ4v) is 7.22. The summed E-state index contributed by atoms with van der Waals surface area (Å²) < 4.78 is 29.5. The van der Waals surface area contributed by atoms with Crippen LogP contribution in [0.2, 0.25) is 0 Å². The Kier molecular flexibility index (Phi) is 8.39. The Hall–Kier alpha value is -2.63. The van der Waals surface area contributed by atoms with E-state index in [2.05, 4.69) is 4.72 Å². The molecule has 0 saturated carbocycles. The third kappa shape index (κ3) is 6.68. The Morgan fingerprint density at radius 1 is 0.947 bits per heavy atom. The number of sulfonamides is 1. The smallest absolute Gasteiger partial charge is 0.227 e. The minimum atomic E-state index is -3.63. The van der Waals surface area contributed by atoms with Crippen LogP contribution in [0.4, 0.5) is 0 Å². The minimum absolute atomic E-state index is 0.0379. The van der Waals surface area contributed by atoms with Gasteiger partial charge in [0.15, 0.2) is 5.78 Å². The fraction of sp³-hybridized carbons (Fsp3) is 0.357. The molecule has 3 N–H and O–H groups in total. The first-order chi connectivity index (χ1) is 17.8. The maximum absolute atomic E-state index is 14.0. The van der Waals surface area contributed by atoms with E-state index in [9.17, 15) is 18.0 Å². The largest absolute Gasteiger partial charge is 0.329 e. The van der Waals surface area contributed by atoms with Gasteiger partial charge in [-0.1, -0.05) is 36.4 Å². The number of nitrogens with zero attached hydrogens (tertiary/aromatic N) is 1. The molecule has 0 unspecified atom stereocenters. The van der Waals surface area contributed by atoms with E-state index in [0.29, 0.717) is 12.8 Å². The van der Waals surface area contributed by atoms with Crippen molar-refractivity contribution in [1.29, 1.82) is 0 Å². The second-order valence-electron chi connectivity index (χ2n) is 10.3. The van der Waals surface area contributed by atoms with Gasteiger partial charge in [0.2, 0.25) is 15.9 Å². The summed E-state index contributed by atoms with van der Waals surface area (Å²) in [6.07, 6.45) is 0.868. The van der Waals surface area contributed by atoms with E-state index >= 15 is 0 Å². The van der Waals surface area contributed by atoms with Crippen LogP contribution in [0.1, 0.15) is 31.4 Å². The molecular weight excluding hydrogens is 539 g/mol. The lowest BCUT2D eigenvalue weighted by molar-refractivity contribution is -0.139. The van der Waals surface area contributed by atoms with Gasteiger partial charge in [0.25, 0.3) is 0 Å². The van der Waals surface area contributed by atoms with Gasteiger partial charge in [-0.3, -0.25) is 9.59 Å². The number of hydrogen-bond donors (Lipinski definition) is 2. The third-order valence-corrected chi connectivity index (χ3v) is 9.39. The van der Waals surface area contributed by atoms with Gasteiger partial charge in [-0.15, -0.1) is 22.7 Å². The molecule has 2 aromatic carbocycles. The van der Waals surface area contributed by atoms with Crippen molar-refractivity contribution >= 4 is 64.6 Å². The monoisotopic (exact) mass is 571 g/mol. The molecule has 2 aromatic heterocycles. The SMILES string of the molecule is CN(C(=O)[C@H](CC(=O)C(C)(C)N)Cc1csc2ccccc12)[C@H](Cc1csc2ccccc12)NS(C)(=O)=O. The molecule has 4 rings (SSSR count). The number of ketones is 1. The average molecular weight is 572 g/mol. The van der Waals surface area contributed by atoms with E-state index in [4.69, 9.17) is 5.73 Å². The molecule has 2 atom stereocenters. The molecule has 4 aromatic rings. The van der Waals surface area contributed by atoms with Crippen LogP contribution in [0.15, 0.2) is 59.3 Å². The molecule has 38 heavy (non-hydrogen) atoms. The predicted molar refractivity (Wildman–Crippen MR) is 157 cm³/mol. The first kappa shape index (κ1) is 28.4. The van der Waals surface area contributed by atoms with Crippen LogP contribution in [0.3, 0.4) is 0 Å². The lowest BCUT2D eigenvalue weighted by Gasteiger charge is -2.32. The van der Waals surface area contributed by atoms with Gasteiger partial charge in [-0.25, -0.2) is 8.42 Å². The summed E-state index contributed by atoms with van der Waals surface area (Å²) in [4.78, 5) is 28.4. The lowest BCUT2D eigenvalue weighted by Crippen LogP contribution is -2.52. The summed E-state index contributed by atoms with van der Waals surface area (Å²) in [6, 6.07) is 15.9. The van der Waals surface area contributed by atoms with Crippen molar-refractivity contribution in [2.45, 2.75) is 44.8 Å². The Bertz CT molecular complexity index is 1570. The predicted octanol–water partition coefficient (Wildman–Crippen LogP) is 4.55. The van der Waals surface area contributed by atoms with E-state index < -0.39 is 27.6 Å². The zero-order valence-electron chi connectivity index (χ0n) is 21.9. The first-order valence-corrected chi connectivity index (χ1v) is 15.9. The molecular formula is C28H33N3O4S3. The van der Waals surface area contributed by atoms with Gasteiger partial charge in [0.1, 0.15) is 0 Å². The van der Waals surface area contributed by atoms with Crippen molar-refractivity contribution in [3.05, 3.63) is 70.4 Å². The van der Waals surface area contributed by atoms with Crippen LogP contribution in [0.5, 0.6) is 0 Å². The standard InChI is InChI=1S/C28H33N3O4S3/c1-28(2,29)25(32)14-18(13-19-16-36-23-11-7-5-9-21(19)23)27(33)31(3)26(30-38(4,34)35)15-20-17-37-24-12-8-6-10-22(20)24/h5-12,16-18,26,30H,13-15,29H2,1-4H3/t18-,26+/m0/s1. The second-order valence-corrected chi connectivity index (χ2v) is 13.9. The molecule has 0 aliphatic heterocycles. The summed E-state index contributed by atoms with van der Waals surface area (Å²) in [5.74, 6) is -1.23.